The monoisotopic (exact) mass is 390 g/mol. The molecule has 1 fully saturated rings. The van der Waals surface area contributed by atoms with E-state index in [1.54, 1.807) is 41.3 Å². The van der Waals surface area contributed by atoms with Crippen LogP contribution in [0.1, 0.15) is 34.3 Å². The van der Waals surface area contributed by atoms with Gasteiger partial charge in [-0.25, -0.2) is 4.79 Å². The number of hydrogen-bond donors (Lipinski definition) is 0. The Morgan fingerprint density at radius 3 is 2.45 bits per heavy atom. The lowest BCUT2D eigenvalue weighted by atomic mass is 10.1. The van der Waals surface area contributed by atoms with E-state index in [4.69, 9.17) is 9.47 Å². The predicted molar refractivity (Wildman–Crippen MR) is 108 cm³/mol. The Morgan fingerprint density at radius 2 is 1.79 bits per heavy atom. The summed E-state index contributed by atoms with van der Waals surface area (Å²) in [5, 5.41) is 9.46. The maximum Gasteiger partial charge on any atom is 0.337 e. The number of rotatable bonds is 6. The van der Waals surface area contributed by atoms with Crippen LogP contribution >= 0.6 is 0 Å². The van der Waals surface area contributed by atoms with Gasteiger partial charge in [0.25, 0.3) is 5.91 Å². The molecule has 6 heteroatoms. The van der Waals surface area contributed by atoms with Gasteiger partial charge in [-0.05, 0) is 42.7 Å². The Hall–Kier alpha value is -3.59. The summed E-state index contributed by atoms with van der Waals surface area (Å²) in [5.74, 6) is -0.0515. The van der Waals surface area contributed by atoms with Crippen molar-refractivity contribution < 1.29 is 19.1 Å². The smallest absolute Gasteiger partial charge is 0.337 e. The van der Waals surface area contributed by atoms with Gasteiger partial charge < -0.3 is 14.4 Å². The van der Waals surface area contributed by atoms with Crippen LogP contribution in [0.4, 0.5) is 0 Å². The standard InChI is InChI=1S/C23H22N2O4/c1-28-23(27)18-10-8-17(9-11-18)16-29-21-7-3-2-6-19(21)14-20(15-24)22(26)25-12-4-5-13-25/h2-3,6-11,14H,4-5,12-13,16H2,1H3/b20-14-. The van der Waals surface area contributed by atoms with Crippen molar-refractivity contribution in [2.24, 2.45) is 0 Å². The molecule has 1 aliphatic heterocycles. The highest BCUT2D eigenvalue weighted by molar-refractivity contribution is 6.02. The van der Waals surface area contributed by atoms with Gasteiger partial charge in [-0.3, -0.25) is 4.79 Å². The average molecular weight is 390 g/mol. The van der Waals surface area contributed by atoms with Gasteiger partial charge in [-0.15, -0.1) is 0 Å². The molecule has 148 valence electrons. The van der Waals surface area contributed by atoms with E-state index in [2.05, 4.69) is 0 Å². The van der Waals surface area contributed by atoms with E-state index in [1.807, 2.05) is 24.3 Å². The highest BCUT2D eigenvalue weighted by Gasteiger charge is 2.21. The van der Waals surface area contributed by atoms with Crippen molar-refractivity contribution in [3.05, 3.63) is 70.8 Å². The second kappa shape index (κ2) is 9.56. The van der Waals surface area contributed by atoms with Gasteiger partial charge in [-0.2, -0.15) is 5.26 Å². The van der Waals surface area contributed by atoms with Crippen LogP contribution in [0.25, 0.3) is 6.08 Å². The van der Waals surface area contributed by atoms with E-state index < -0.39 is 0 Å². The largest absolute Gasteiger partial charge is 0.488 e. The van der Waals surface area contributed by atoms with Crippen LogP contribution in [0.15, 0.2) is 54.1 Å². The van der Waals surface area contributed by atoms with Crippen LogP contribution in [0.2, 0.25) is 0 Å². The molecule has 0 atom stereocenters. The Labute approximate surface area is 170 Å². The van der Waals surface area contributed by atoms with E-state index in [1.165, 1.54) is 7.11 Å². The molecule has 0 unspecified atom stereocenters. The fourth-order valence-electron chi connectivity index (χ4n) is 3.14. The molecule has 2 aromatic carbocycles. The first-order valence-corrected chi connectivity index (χ1v) is 9.42. The number of carbonyl (C=O) groups is 2. The first-order chi connectivity index (χ1) is 14.1. The fraction of sp³-hybridized carbons (Fsp3) is 0.261. The summed E-state index contributed by atoms with van der Waals surface area (Å²) in [6.45, 7) is 1.67. The molecule has 2 aromatic rings. The number of nitriles is 1. The van der Waals surface area contributed by atoms with Gasteiger partial charge in [0.05, 0.1) is 12.7 Å². The van der Waals surface area contributed by atoms with Crippen LogP contribution < -0.4 is 4.74 Å². The molecule has 0 N–H and O–H groups in total. The number of esters is 1. The minimum Gasteiger partial charge on any atom is -0.488 e. The zero-order valence-corrected chi connectivity index (χ0v) is 16.3. The molecule has 29 heavy (non-hydrogen) atoms. The zero-order chi connectivity index (χ0) is 20.6. The first kappa shape index (κ1) is 20.2. The van der Waals surface area contributed by atoms with E-state index in [0.29, 0.717) is 30.0 Å². The number of para-hydroxylation sites is 1. The van der Waals surface area contributed by atoms with Gasteiger partial charge in [0.2, 0.25) is 0 Å². The number of likely N-dealkylation sites (tertiary alicyclic amines) is 1. The van der Waals surface area contributed by atoms with E-state index in [0.717, 1.165) is 18.4 Å². The summed E-state index contributed by atoms with van der Waals surface area (Å²) in [6, 6.07) is 16.2. The second-order valence-electron chi connectivity index (χ2n) is 6.68. The third-order valence-corrected chi connectivity index (χ3v) is 4.73. The molecule has 0 saturated carbocycles. The number of ether oxygens (including phenoxy) is 2. The highest BCUT2D eigenvalue weighted by Crippen LogP contribution is 2.23. The maximum atomic E-state index is 12.5. The van der Waals surface area contributed by atoms with Crippen molar-refractivity contribution in [3.63, 3.8) is 0 Å². The molecular formula is C23H22N2O4. The number of carbonyl (C=O) groups excluding carboxylic acids is 2. The summed E-state index contributed by atoms with van der Waals surface area (Å²) in [4.78, 5) is 25.8. The number of hydrogen-bond acceptors (Lipinski definition) is 5. The highest BCUT2D eigenvalue weighted by atomic mass is 16.5. The third-order valence-electron chi connectivity index (χ3n) is 4.73. The number of benzene rings is 2. The average Bonchev–Trinajstić information content (AvgIpc) is 3.31. The summed E-state index contributed by atoms with van der Waals surface area (Å²) in [5.41, 5.74) is 2.12. The van der Waals surface area contributed by atoms with Gasteiger partial charge >= 0.3 is 5.97 Å². The summed E-state index contributed by atoms with van der Waals surface area (Å²) in [6.07, 6.45) is 3.52. The van der Waals surface area contributed by atoms with E-state index in [-0.39, 0.29) is 24.1 Å². The molecule has 1 amide bonds. The van der Waals surface area contributed by atoms with Crippen molar-refractivity contribution in [2.45, 2.75) is 19.4 Å². The zero-order valence-electron chi connectivity index (χ0n) is 16.3. The molecule has 0 aliphatic carbocycles. The molecule has 0 spiro atoms. The van der Waals surface area contributed by atoms with Crippen molar-refractivity contribution in [3.8, 4) is 11.8 Å². The molecule has 1 aliphatic rings. The van der Waals surface area contributed by atoms with Crippen LogP contribution in [0.5, 0.6) is 5.75 Å². The minimum atomic E-state index is -0.389. The van der Waals surface area contributed by atoms with Crippen LogP contribution in [-0.2, 0) is 16.1 Å². The number of nitrogens with zero attached hydrogens (tertiary/aromatic N) is 2. The van der Waals surface area contributed by atoms with Crippen molar-refractivity contribution in [1.29, 1.82) is 5.26 Å². The Balaban J connectivity index is 1.74. The van der Waals surface area contributed by atoms with Gasteiger partial charge in [0.1, 0.15) is 24.0 Å². The summed E-state index contributed by atoms with van der Waals surface area (Å²) >= 11 is 0. The van der Waals surface area contributed by atoms with E-state index in [9.17, 15) is 14.9 Å². The predicted octanol–water partition coefficient (Wildman–Crippen LogP) is 3.58. The molecule has 6 nitrogen and oxygen atoms in total. The lowest BCUT2D eigenvalue weighted by Crippen LogP contribution is -2.28. The molecule has 0 aromatic heterocycles. The summed E-state index contributed by atoms with van der Waals surface area (Å²) < 4.78 is 10.6. The van der Waals surface area contributed by atoms with E-state index >= 15 is 0 Å². The van der Waals surface area contributed by atoms with Crippen molar-refractivity contribution in [2.75, 3.05) is 20.2 Å². The quantitative estimate of drug-likeness (QED) is 0.428. The van der Waals surface area contributed by atoms with Crippen LogP contribution in [0.3, 0.4) is 0 Å². The molecule has 3 rings (SSSR count). The fourth-order valence-corrected chi connectivity index (χ4v) is 3.14. The minimum absolute atomic E-state index is 0.102. The maximum absolute atomic E-state index is 12.5. The SMILES string of the molecule is COC(=O)c1ccc(COc2ccccc2/C=C(/C#N)C(=O)N2CCCC2)cc1. The first-order valence-electron chi connectivity index (χ1n) is 9.42. The van der Waals surface area contributed by atoms with Crippen molar-refractivity contribution >= 4 is 18.0 Å². The Kier molecular flexibility index (Phi) is 6.64. The lowest BCUT2D eigenvalue weighted by Gasteiger charge is -2.14. The lowest BCUT2D eigenvalue weighted by molar-refractivity contribution is -0.125. The molecule has 0 bridgehead atoms. The molecule has 1 heterocycles. The Bertz CT molecular complexity index is 952. The van der Waals surface area contributed by atoms with Gasteiger partial charge in [-0.1, -0.05) is 30.3 Å². The number of amides is 1. The second-order valence-corrected chi connectivity index (χ2v) is 6.68. The number of methoxy groups -OCH3 is 1. The third kappa shape index (κ3) is 5.02. The molecule has 0 radical (unpaired) electrons. The van der Waals surface area contributed by atoms with Crippen molar-refractivity contribution in [1.82, 2.24) is 4.90 Å². The van der Waals surface area contributed by atoms with Crippen LogP contribution in [0, 0.1) is 11.3 Å². The van der Waals surface area contributed by atoms with Gasteiger partial charge in [0.15, 0.2) is 0 Å². The topological polar surface area (TPSA) is 79.6 Å². The van der Waals surface area contributed by atoms with Gasteiger partial charge in [0, 0.05) is 18.7 Å². The molecule has 1 saturated heterocycles. The summed E-state index contributed by atoms with van der Waals surface area (Å²) in [7, 11) is 1.34. The Morgan fingerprint density at radius 1 is 1.10 bits per heavy atom. The molecular weight excluding hydrogens is 368 g/mol. The normalized spacial score (nSPS) is 13.7. The van der Waals surface area contributed by atoms with Crippen LogP contribution in [-0.4, -0.2) is 37.0 Å².